The molecule has 150 valence electrons. The molecule has 1 aliphatic rings. The molecule has 2 aromatic carbocycles. The number of amides is 1. The van der Waals surface area contributed by atoms with Crippen molar-refractivity contribution in [2.45, 2.75) is 23.6 Å². The number of anilines is 1. The van der Waals surface area contributed by atoms with Crippen LogP contribution in [0.2, 0.25) is 0 Å². The van der Waals surface area contributed by atoms with Crippen LogP contribution in [0.25, 0.3) is 0 Å². The fourth-order valence-electron chi connectivity index (χ4n) is 3.57. The smallest absolute Gasteiger partial charge is 0.271 e. The number of carbonyl (C=O) groups is 1. The number of nitrogens with one attached hydrogen (secondary N) is 1. The number of halogens is 1. The highest BCUT2D eigenvalue weighted by Gasteiger charge is 2.29. The summed E-state index contributed by atoms with van der Waals surface area (Å²) in [6.07, 6.45) is 0.649. The van der Waals surface area contributed by atoms with E-state index in [1.807, 2.05) is 6.92 Å². The van der Waals surface area contributed by atoms with E-state index in [0.717, 1.165) is 22.5 Å². The predicted molar refractivity (Wildman–Crippen MR) is 111 cm³/mol. The van der Waals surface area contributed by atoms with Gasteiger partial charge < -0.3 is 4.90 Å². The number of rotatable bonds is 4. The van der Waals surface area contributed by atoms with E-state index >= 15 is 0 Å². The molecule has 1 atom stereocenters. The van der Waals surface area contributed by atoms with E-state index in [-0.39, 0.29) is 22.0 Å². The van der Waals surface area contributed by atoms with Gasteiger partial charge in [-0.3, -0.25) is 9.52 Å². The van der Waals surface area contributed by atoms with Gasteiger partial charge in [0.1, 0.15) is 10.0 Å². The SMILES string of the molecule is CC1c2cc(F)ccc2CCN1C(=O)c1cccc(NS(=O)(=O)c2cccs2)c1. The number of hydrogen-bond acceptors (Lipinski definition) is 4. The number of thiophene rings is 1. The summed E-state index contributed by atoms with van der Waals surface area (Å²) < 4.78 is 41.3. The van der Waals surface area contributed by atoms with Gasteiger partial charge in [0.15, 0.2) is 0 Å². The molecule has 2 heterocycles. The number of fused-ring (bicyclic) bond motifs is 1. The molecule has 3 aromatic rings. The number of benzene rings is 2. The summed E-state index contributed by atoms with van der Waals surface area (Å²) in [6.45, 7) is 2.39. The maximum absolute atomic E-state index is 13.7. The second kappa shape index (κ2) is 7.61. The Labute approximate surface area is 172 Å². The number of nitrogens with zero attached hydrogens (tertiary/aromatic N) is 1. The first-order chi connectivity index (χ1) is 13.8. The Balaban J connectivity index is 1.58. The van der Waals surface area contributed by atoms with Gasteiger partial charge in [0, 0.05) is 17.8 Å². The molecule has 0 aliphatic carbocycles. The Hall–Kier alpha value is -2.71. The molecule has 1 N–H and O–H groups in total. The van der Waals surface area contributed by atoms with Crippen LogP contribution in [0.5, 0.6) is 0 Å². The molecule has 1 amide bonds. The first-order valence-electron chi connectivity index (χ1n) is 9.11. The van der Waals surface area contributed by atoms with Crippen LogP contribution in [0, 0.1) is 5.82 Å². The molecule has 0 bridgehead atoms. The zero-order valence-corrected chi connectivity index (χ0v) is 17.3. The number of sulfonamides is 1. The van der Waals surface area contributed by atoms with Gasteiger partial charge in [-0.25, -0.2) is 12.8 Å². The summed E-state index contributed by atoms with van der Waals surface area (Å²) in [5.41, 5.74) is 2.54. The second-order valence-electron chi connectivity index (χ2n) is 6.89. The zero-order chi connectivity index (χ0) is 20.6. The largest absolute Gasteiger partial charge is 0.332 e. The quantitative estimate of drug-likeness (QED) is 0.665. The average molecular weight is 431 g/mol. The summed E-state index contributed by atoms with van der Waals surface area (Å²) >= 11 is 1.12. The van der Waals surface area contributed by atoms with Crippen LogP contribution in [0.15, 0.2) is 64.2 Å². The molecular weight excluding hydrogens is 411 g/mol. The van der Waals surface area contributed by atoms with Crippen molar-refractivity contribution in [1.29, 1.82) is 0 Å². The van der Waals surface area contributed by atoms with Crippen LogP contribution in [0.1, 0.15) is 34.5 Å². The summed E-state index contributed by atoms with van der Waals surface area (Å²) in [4.78, 5) is 14.8. The van der Waals surface area contributed by atoms with Gasteiger partial charge in [0.05, 0.1) is 6.04 Å². The lowest BCUT2D eigenvalue weighted by molar-refractivity contribution is 0.0677. The predicted octanol–water partition coefficient (Wildman–Crippen LogP) is 4.45. The van der Waals surface area contributed by atoms with Crippen LogP contribution in [-0.2, 0) is 16.4 Å². The minimum absolute atomic E-state index is 0.206. The topological polar surface area (TPSA) is 66.5 Å². The normalized spacial score (nSPS) is 16.3. The lowest BCUT2D eigenvalue weighted by Gasteiger charge is -2.35. The molecule has 5 nitrogen and oxygen atoms in total. The van der Waals surface area contributed by atoms with E-state index in [0.29, 0.717) is 24.2 Å². The molecule has 0 spiro atoms. The lowest BCUT2D eigenvalue weighted by Crippen LogP contribution is -2.39. The highest BCUT2D eigenvalue weighted by Crippen LogP contribution is 2.31. The van der Waals surface area contributed by atoms with Crippen molar-refractivity contribution in [3.05, 3.63) is 82.5 Å². The first kappa shape index (κ1) is 19.6. The summed E-state index contributed by atoms with van der Waals surface area (Å²) in [5.74, 6) is -0.542. The lowest BCUT2D eigenvalue weighted by atomic mass is 9.93. The highest BCUT2D eigenvalue weighted by molar-refractivity contribution is 7.94. The molecule has 1 aromatic heterocycles. The third-order valence-corrected chi connectivity index (χ3v) is 7.81. The maximum atomic E-state index is 13.7. The molecule has 0 saturated heterocycles. The van der Waals surface area contributed by atoms with Crippen LogP contribution >= 0.6 is 11.3 Å². The maximum Gasteiger partial charge on any atom is 0.271 e. The second-order valence-corrected chi connectivity index (χ2v) is 9.74. The Morgan fingerprint density at radius 3 is 2.76 bits per heavy atom. The molecular formula is C21H19FN2O3S2. The van der Waals surface area contributed by atoms with E-state index in [2.05, 4.69) is 4.72 Å². The van der Waals surface area contributed by atoms with E-state index in [1.54, 1.807) is 40.6 Å². The Bertz CT molecular complexity index is 1160. The minimum Gasteiger partial charge on any atom is -0.332 e. The van der Waals surface area contributed by atoms with Crippen LogP contribution in [-0.4, -0.2) is 25.8 Å². The Kier molecular flexibility index (Phi) is 5.14. The molecule has 0 radical (unpaired) electrons. The van der Waals surface area contributed by atoms with E-state index < -0.39 is 10.0 Å². The fraction of sp³-hybridized carbons (Fsp3) is 0.190. The number of hydrogen-bond donors (Lipinski definition) is 1. The number of carbonyl (C=O) groups excluding carboxylic acids is 1. The summed E-state index contributed by atoms with van der Waals surface area (Å²) in [6, 6.07) is 14.0. The van der Waals surface area contributed by atoms with E-state index in [4.69, 9.17) is 0 Å². The van der Waals surface area contributed by atoms with Crippen molar-refractivity contribution < 1.29 is 17.6 Å². The van der Waals surface area contributed by atoms with E-state index in [9.17, 15) is 17.6 Å². The third kappa shape index (κ3) is 3.90. The summed E-state index contributed by atoms with van der Waals surface area (Å²) in [5, 5.41) is 1.69. The minimum atomic E-state index is -3.69. The van der Waals surface area contributed by atoms with Crippen molar-refractivity contribution in [1.82, 2.24) is 4.90 Å². The Morgan fingerprint density at radius 1 is 1.17 bits per heavy atom. The molecule has 0 fully saturated rings. The van der Waals surface area contributed by atoms with Crippen LogP contribution in [0.4, 0.5) is 10.1 Å². The van der Waals surface area contributed by atoms with Gasteiger partial charge in [-0.05, 0) is 66.2 Å². The standard InChI is InChI=1S/C21H19FN2O3S2/c1-14-19-13-17(22)8-7-15(19)9-10-24(14)21(25)16-4-2-5-18(12-16)23-29(26,27)20-6-3-11-28-20/h2-8,11-14,23H,9-10H2,1H3. The molecule has 0 saturated carbocycles. The van der Waals surface area contributed by atoms with Crippen molar-refractivity contribution in [2.24, 2.45) is 0 Å². The highest BCUT2D eigenvalue weighted by atomic mass is 32.2. The van der Waals surface area contributed by atoms with Crippen LogP contribution in [0.3, 0.4) is 0 Å². The molecule has 1 unspecified atom stereocenters. The van der Waals surface area contributed by atoms with Gasteiger partial charge in [-0.15, -0.1) is 11.3 Å². The average Bonchev–Trinajstić information content (AvgIpc) is 3.24. The molecule has 29 heavy (non-hydrogen) atoms. The molecule has 1 aliphatic heterocycles. The summed E-state index contributed by atoms with van der Waals surface area (Å²) in [7, 11) is -3.69. The van der Waals surface area contributed by atoms with Gasteiger partial charge in [0.25, 0.3) is 15.9 Å². The zero-order valence-electron chi connectivity index (χ0n) is 15.6. The van der Waals surface area contributed by atoms with Gasteiger partial charge >= 0.3 is 0 Å². The molecule has 4 rings (SSSR count). The van der Waals surface area contributed by atoms with Crippen molar-refractivity contribution in [3.8, 4) is 0 Å². The molecule has 8 heteroatoms. The Morgan fingerprint density at radius 2 is 2.00 bits per heavy atom. The third-order valence-electron chi connectivity index (χ3n) is 5.03. The van der Waals surface area contributed by atoms with Crippen molar-refractivity contribution >= 4 is 33.0 Å². The van der Waals surface area contributed by atoms with Crippen molar-refractivity contribution in [3.63, 3.8) is 0 Å². The van der Waals surface area contributed by atoms with Gasteiger partial charge in [-0.2, -0.15) is 0 Å². The monoisotopic (exact) mass is 430 g/mol. The van der Waals surface area contributed by atoms with E-state index in [1.165, 1.54) is 24.3 Å². The van der Waals surface area contributed by atoms with Crippen molar-refractivity contribution in [2.75, 3.05) is 11.3 Å². The van der Waals surface area contributed by atoms with Crippen LogP contribution < -0.4 is 4.72 Å². The fourth-order valence-corrected chi connectivity index (χ4v) is 5.61. The van der Waals surface area contributed by atoms with Gasteiger partial charge in [-0.1, -0.05) is 18.2 Å². The van der Waals surface area contributed by atoms with Gasteiger partial charge in [0.2, 0.25) is 0 Å². The first-order valence-corrected chi connectivity index (χ1v) is 11.5.